The van der Waals surface area contributed by atoms with Gasteiger partial charge < -0.3 is 4.74 Å². The highest BCUT2D eigenvalue weighted by molar-refractivity contribution is 5.65. The summed E-state index contributed by atoms with van der Waals surface area (Å²) >= 11 is 0. The summed E-state index contributed by atoms with van der Waals surface area (Å²) in [5, 5.41) is 0. The quantitative estimate of drug-likeness (QED) is 0.507. The van der Waals surface area contributed by atoms with Crippen LogP contribution in [-0.2, 0) is 11.2 Å². The Morgan fingerprint density at radius 1 is 1.00 bits per heavy atom. The summed E-state index contributed by atoms with van der Waals surface area (Å²) in [6, 6.07) is 10.5. The molecule has 144 valence electrons. The molecule has 0 spiro atoms. The third kappa shape index (κ3) is 4.84. The molecule has 0 heterocycles. The Morgan fingerprint density at radius 3 is 2.41 bits per heavy atom. The van der Waals surface area contributed by atoms with E-state index < -0.39 is 0 Å². The molecular formula is C24H28F2O. The first-order valence-electron chi connectivity index (χ1n) is 9.84. The topological polar surface area (TPSA) is 9.23 Å². The zero-order valence-corrected chi connectivity index (χ0v) is 16.2. The minimum Gasteiger partial charge on any atom is -0.381 e. The molecular weight excluding hydrogens is 342 g/mol. The van der Waals surface area contributed by atoms with E-state index in [0.29, 0.717) is 35.1 Å². The van der Waals surface area contributed by atoms with Gasteiger partial charge in [-0.2, -0.15) is 0 Å². The van der Waals surface area contributed by atoms with Crippen LogP contribution in [0.1, 0.15) is 56.1 Å². The highest BCUT2D eigenvalue weighted by Gasteiger charge is 2.23. The van der Waals surface area contributed by atoms with Crippen LogP contribution in [0.5, 0.6) is 0 Å². The van der Waals surface area contributed by atoms with Gasteiger partial charge in [0.1, 0.15) is 11.6 Å². The predicted molar refractivity (Wildman–Crippen MR) is 107 cm³/mol. The van der Waals surface area contributed by atoms with Crippen LogP contribution in [0.2, 0.25) is 0 Å². The summed E-state index contributed by atoms with van der Waals surface area (Å²) in [5.41, 5.74) is 2.76. The second kappa shape index (κ2) is 9.27. The van der Waals surface area contributed by atoms with Gasteiger partial charge in [-0.15, -0.1) is 0 Å². The third-order valence-electron chi connectivity index (χ3n) is 5.65. The van der Waals surface area contributed by atoms with Crippen molar-refractivity contribution in [3.63, 3.8) is 0 Å². The zero-order chi connectivity index (χ0) is 19.2. The fourth-order valence-electron chi connectivity index (χ4n) is 3.97. The lowest BCUT2D eigenvalue weighted by Crippen LogP contribution is -2.19. The van der Waals surface area contributed by atoms with Gasteiger partial charge in [0.2, 0.25) is 0 Å². The standard InChI is InChI=1S/C24H28F2O/c1-3-4-5-6-18-7-8-20(16-23(18)25)22-14-11-19(15-24(22)26)17-9-12-21(27-2)13-10-17/h3-4,7-8,11,14-17,21H,5-6,9-10,12-13H2,1-2H3/b4-3+. The van der Waals surface area contributed by atoms with Gasteiger partial charge in [0.05, 0.1) is 6.10 Å². The van der Waals surface area contributed by atoms with Crippen molar-refractivity contribution in [2.45, 2.75) is 57.5 Å². The maximum atomic E-state index is 14.8. The molecule has 0 aromatic heterocycles. The van der Waals surface area contributed by atoms with E-state index >= 15 is 0 Å². The van der Waals surface area contributed by atoms with Crippen molar-refractivity contribution in [1.29, 1.82) is 0 Å². The summed E-state index contributed by atoms with van der Waals surface area (Å²) in [4.78, 5) is 0. The van der Waals surface area contributed by atoms with Crippen LogP contribution < -0.4 is 0 Å². The van der Waals surface area contributed by atoms with Gasteiger partial charge >= 0.3 is 0 Å². The molecule has 1 fully saturated rings. The Kier molecular flexibility index (Phi) is 6.78. The van der Waals surface area contributed by atoms with Crippen molar-refractivity contribution in [2.24, 2.45) is 0 Å². The monoisotopic (exact) mass is 370 g/mol. The predicted octanol–water partition coefficient (Wildman–Crippen LogP) is 6.81. The Morgan fingerprint density at radius 2 is 1.78 bits per heavy atom. The number of allylic oxidation sites excluding steroid dienone is 2. The minimum atomic E-state index is -0.276. The molecule has 0 radical (unpaired) electrons. The fraction of sp³-hybridized carbons (Fsp3) is 0.417. The molecule has 0 atom stereocenters. The number of ether oxygens (including phenoxy) is 1. The number of halogens is 2. The van der Waals surface area contributed by atoms with Gasteiger partial charge in [0.15, 0.2) is 0 Å². The molecule has 1 saturated carbocycles. The molecule has 27 heavy (non-hydrogen) atoms. The SMILES string of the molecule is C/C=C/CCc1ccc(-c2ccc(C3CCC(OC)CC3)cc2F)cc1F. The zero-order valence-electron chi connectivity index (χ0n) is 16.2. The number of hydrogen-bond acceptors (Lipinski definition) is 1. The van der Waals surface area contributed by atoms with Crippen molar-refractivity contribution >= 4 is 0 Å². The summed E-state index contributed by atoms with van der Waals surface area (Å²) in [7, 11) is 1.75. The Hall–Kier alpha value is -2.00. The minimum absolute atomic E-state index is 0.265. The first-order valence-corrected chi connectivity index (χ1v) is 9.84. The van der Waals surface area contributed by atoms with Crippen molar-refractivity contribution < 1.29 is 13.5 Å². The molecule has 3 heteroatoms. The molecule has 0 N–H and O–H groups in total. The van der Waals surface area contributed by atoms with E-state index in [0.717, 1.165) is 37.7 Å². The molecule has 0 bridgehead atoms. The second-order valence-electron chi connectivity index (χ2n) is 7.36. The van der Waals surface area contributed by atoms with E-state index in [9.17, 15) is 8.78 Å². The molecule has 1 aliphatic carbocycles. The lowest BCUT2D eigenvalue weighted by Gasteiger charge is -2.28. The number of benzene rings is 2. The molecule has 0 unspecified atom stereocenters. The maximum Gasteiger partial charge on any atom is 0.131 e. The molecule has 2 aromatic rings. The highest BCUT2D eigenvalue weighted by Crippen LogP contribution is 2.36. The van der Waals surface area contributed by atoms with E-state index in [2.05, 4.69) is 0 Å². The fourth-order valence-corrected chi connectivity index (χ4v) is 3.97. The van der Waals surface area contributed by atoms with Crippen LogP contribution in [0.25, 0.3) is 11.1 Å². The van der Waals surface area contributed by atoms with Crippen LogP contribution in [0.4, 0.5) is 8.78 Å². The molecule has 1 nitrogen and oxygen atoms in total. The van der Waals surface area contributed by atoms with E-state index in [1.807, 2.05) is 31.2 Å². The lowest BCUT2D eigenvalue weighted by atomic mass is 9.82. The summed E-state index contributed by atoms with van der Waals surface area (Å²) in [6.07, 6.45) is 9.86. The average Bonchev–Trinajstić information content (AvgIpc) is 2.69. The number of rotatable bonds is 6. The third-order valence-corrected chi connectivity index (χ3v) is 5.65. The normalized spacial score (nSPS) is 20.3. The smallest absolute Gasteiger partial charge is 0.131 e. The maximum absolute atomic E-state index is 14.8. The molecule has 0 aliphatic heterocycles. The first kappa shape index (κ1) is 19.8. The van der Waals surface area contributed by atoms with Crippen molar-refractivity contribution in [3.05, 3.63) is 71.3 Å². The van der Waals surface area contributed by atoms with E-state index in [1.165, 1.54) is 6.07 Å². The number of methoxy groups -OCH3 is 1. The van der Waals surface area contributed by atoms with Gasteiger partial charge in [0.25, 0.3) is 0 Å². The summed E-state index contributed by atoms with van der Waals surface area (Å²) in [6.45, 7) is 1.95. The van der Waals surface area contributed by atoms with Crippen molar-refractivity contribution in [1.82, 2.24) is 0 Å². The average molecular weight is 370 g/mol. The second-order valence-corrected chi connectivity index (χ2v) is 7.36. The highest BCUT2D eigenvalue weighted by atomic mass is 19.1. The van der Waals surface area contributed by atoms with Crippen LogP contribution in [0.3, 0.4) is 0 Å². The van der Waals surface area contributed by atoms with Crippen molar-refractivity contribution in [3.8, 4) is 11.1 Å². The van der Waals surface area contributed by atoms with Crippen LogP contribution in [0, 0.1) is 11.6 Å². The van der Waals surface area contributed by atoms with Crippen LogP contribution >= 0.6 is 0 Å². The Labute approximate surface area is 161 Å². The molecule has 2 aromatic carbocycles. The number of aryl methyl sites for hydroxylation is 1. The van der Waals surface area contributed by atoms with Crippen LogP contribution in [0.15, 0.2) is 48.6 Å². The van der Waals surface area contributed by atoms with Gasteiger partial charge in [0, 0.05) is 12.7 Å². The van der Waals surface area contributed by atoms with E-state index in [1.54, 1.807) is 25.3 Å². The Balaban J connectivity index is 1.75. The van der Waals surface area contributed by atoms with Gasteiger partial charge in [-0.25, -0.2) is 8.78 Å². The molecule has 3 rings (SSSR count). The molecule has 0 amide bonds. The lowest BCUT2D eigenvalue weighted by molar-refractivity contribution is 0.0658. The van der Waals surface area contributed by atoms with Gasteiger partial charge in [-0.1, -0.05) is 36.4 Å². The van der Waals surface area contributed by atoms with Crippen LogP contribution in [-0.4, -0.2) is 13.2 Å². The molecule has 0 saturated heterocycles. The largest absolute Gasteiger partial charge is 0.381 e. The Bertz CT molecular complexity index is 789. The number of hydrogen-bond donors (Lipinski definition) is 0. The van der Waals surface area contributed by atoms with Crippen molar-refractivity contribution in [2.75, 3.05) is 7.11 Å². The van der Waals surface area contributed by atoms with Gasteiger partial charge in [-0.05, 0) is 80.2 Å². The first-order chi connectivity index (χ1) is 13.1. The van der Waals surface area contributed by atoms with E-state index in [4.69, 9.17) is 4.74 Å². The molecule has 1 aliphatic rings. The summed E-state index contributed by atoms with van der Waals surface area (Å²) in [5.74, 6) is -0.161. The van der Waals surface area contributed by atoms with Gasteiger partial charge in [-0.3, -0.25) is 0 Å². The summed E-state index contributed by atoms with van der Waals surface area (Å²) < 4.78 is 34.5. The van der Waals surface area contributed by atoms with E-state index in [-0.39, 0.29) is 11.6 Å².